The van der Waals surface area contributed by atoms with E-state index in [-0.39, 0.29) is 11.8 Å². The van der Waals surface area contributed by atoms with Crippen molar-refractivity contribution in [1.82, 2.24) is 0 Å². The molecule has 3 heteroatoms. The van der Waals surface area contributed by atoms with E-state index in [4.69, 9.17) is 5.73 Å². The average Bonchev–Trinajstić information content (AvgIpc) is 2.49. The van der Waals surface area contributed by atoms with E-state index in [1.165, 1.54) is 0 Å². The number of aryl methyl sites for hydroxylation is 1. The molecule has 1 rings (SSSR count). The lowest BCUT2D eigenvalue weighted by molar-refractivity contribution is 0.0951. The van der Waals surface area contributed by atoms with Gasteiger partial charge in [0.05, 0.1) is 6.04 Å². The number of ketones is 1. The maximum Gasteiger partial charge on any atom is 0.180 e. The topological polar surface area (TPSA) is 43.1 Å². The molecule has 0 bridgehead atoms. The van der Waals surface area contributed by atoms with Gasteiger partial charge >= 0.3 is 0 Å². The molecule has 0 radical (unpaired) electrons. The zero-order valence-electron chi connectivity index (χ0n) is 8.91. The molecule has 14 heavy (non-hydrogen) atoms. The van der Waals surface area contributed by atoms with Crippen molar-refractivity contribution in [1.29, 1.82) is 0 Å². The van der Waals surface area contributed by atoms with Crippen LogP contribution in [0.2, 0.25) is 0 Å². The summed E-state index contributed by atoms with van der Waals surface area (Å²) in [7, 11) is 0. The Morgan fingerprint density at radius 1 is 1.57 bits per heavy atom. The molecule has 0 aliphatic carbocycles. The summed E-state index contributed by atoms with van der Waals surface area (Å²) < 4.78 is 0. The Bertz CT molecular complexity index is 317. The highest BCUT2D eigenvalue weighted by Gasteiger charge is 2.17. The summed E-state index contributed by atoms with van der Waals surface area (Å²) in [6, 6.07) is 1.57. The van der Waals surface area contributed by atoms with Gasteiger partial charge < -0.3 is 5.73 Å². The molecule has 2 N–H and O–H groups in total. The second-order valence-corrected chi connectivity index (χ2v) is 5.16. The van der Waals surface area contributed by atoms with Crippen molar-refractivity contribution in [2.24, 2.45) is 11.7 Å². The highest BCUT2D eigenvalue weighted by atomic mass is 32.1. The molecule has 1 atom stereocenters. The van der Waals surface area contributed by atoms with E-state index in [1.54, 1.807) is 11.3 Å². The summed E-state index contributed by atoms with van der Waals surface area (Å²) in [4.78, 5) is 12.9. The molecule has 0 fully saturated rings. The molecule has 0 aliphatic heterocycles. The summed E-state index contributed by atoms with van der Waals surface area (Å²) in [5.74, 6) is 0.539. The molecule has 0 spiro atoms. The second-order valence-electron chi connectivity index (χ2n) is 4.05. The SMILES string of the molecule is Cc1cc(C(=O)C(N)CC(C)C)cs1. The molecule has 0 saturated heterocycles. The van der Waals surface area contributed by atoms with Gasteiger partial charge in [-0.3, -0.25) is 4.79 Å². The molecule has 1 heterocycles. The first-order chi connectivity index (χ1) is 6.50. The predicted octanol–water partition coefficient (Wildman–Crippen LogP) is 2.61. The Morgan fingerprint density at radius 3 is 2.64 bits per heavy atom. The number of Topliss-reactive ketones (excluding diaryl/α,β-unsaturated/α-hetero) is 1. The van der Waals surface area contributed by atoms with Gasteiger partial charge in [-0.15, -0.1) is 11.3 Å². The van der Waals surface area contributed by atoms with Gasteiger partial charge in [0.1, 0.15) is 0 Å². The molecule has 1 unspecified atom stereocenters. The number of nitrogens with two attached hydrogens (primary N) is 1. The largest absolute Gasteiger partial charge is 0.321 e. The van der Waals surface area contributed by atoms with Gasteiger partial charge in [-0.05, 0) is 25.3 Å². The molecule has 0 aliphatic rings. The van der Waals surface area contributed by atoms with Gasteiger partial charge in [0, 0.05) is 15.8 Å². The number of carbonyl (C=O) groups excluding carboxylic acids is 1. The van der Waals surface area contributed by atoms with Crippen molar-refractivity contribution in [2.45, 2.75) is 33.2 Å². The minimum absolute atomic E-state index is 0.0723. The molecular weight excluding hydrogens is 194 g/mol. The van der Waals surface area contributed by atoms with Crippen LogP contribution in [0.3, 0.4) is 0 Å². The summed E-state index contributed by atoms with van der Waals surface area (Å²) >= 11 is 1.59. The van der Waals surface area contributed by atoms with Crippen LogP contribution in [-0.4, -0.2) is 11.8 Å². The highest BCUT2D eigenvalue weighted by Crippen LogP contribution is 2.16. The zero-order valence-corrected chi connectivity index (χ0v) is 9.73. The van der Waals surface area contributed by atoms with E-state index < -0.39 is 0 Å². The Balaban J connectivity index is 2.65. The van der Waals surface area contributed by atoms with Crippen molar-refractivity contribution in [3.8, 4) is 0 Å². The molecule has 0 amide bonds. The molecule has 78 valence electrons. The van der Waals surface area contributed by atoms with Gasteiger partial charge in [0.2, 0.25) is 0 Å². The summed E-state index contributed by atoms with van der Waals surface area (Å²) in [6.45, 7) is 6.15. The zero-order chi connectivity index (χ0) is 10.7. The fraction of sp³-hybridized carbons (Fsp3) is 0.545. The minimum atomic E-state index is -0.344. The van der Waals surface area contributed by atoms with Gasteiger partial charge in [-0.25, -0.2) is 0 Å². The average molecular weight is 211 g/mol. The first-order valence-corrected chi connectivity index (χ1v) is 5.73. The summed E-state index contributed by atoms with van der Waals surface area (Å²) in [5, 5.41) is 1.89. The number of rotatable bonds is 4. The van der Waals surface area contributed by atoms with Crippen LogP contribution in [0, 0.1) is 12.8 Å². The van der Waals surface area contributed by atoms with E-state index in [2.05, 4.69) is 13.8 Å². The van der Waals surface area contributed by atoms with Crippen LogP contribution in [0.25, 0.3) is 0 Å². The number of thiophene rings is 1. The minimum Gasteiger partial charge on any atom is -0.321 e. The van der Waals surface area contributed by atoms with Crippen LogP contribution >= 0.6 is 11.3 Å². The first-order valence-electron chi connectivity index (χ1n) is 4.85. The third-order valence-corrected chi connectivity index (χ3v) is 2.94. The first kappa shape index (κ1) is 11.4. The molecule has 0 saturated carbocycles. The van der Waals surface area contributed by atoms with Crippen molar-refractivity contribution < 1.29 is 4.79 Å². The number of hydrogen-bond acceptors (Lipinski definition) is 3. The maximum absolute atomic E-state index is 11.8. The standard InChI is InChI=1S/C11H17NOS/c1-7(2)4-10(12)11(13)9-5-8(3)14-6-9/h5-7,10H,4,12H2,1-3H3. The smallest absolute Gasteiger partial charge is 0.180 e. The van der Waals surface area contributed by atoms with E-state index in [0.29, 0.717) is 5.92 Å². The third kappa shape index (κ3) is 2.93. The lowest BCUT2D eigenvalue weighted by Gasteiger charge is -2.11. The molecule has 1 aromatic heterocycles. The summed E-state index contributed by atoms with van der Waals surface area (Å²) in [6.07, 6.45) is 0.758. The Kier molecular flexibility index (Phi) is 3.84. The van der Waals surface area contributed by atoms with Crippen molar-refractivity contribution >= 4 is 17.1 Å². The van der Waals surface area contributed by atoms with E-state index in [9.17, 15) is 4.79 Å². The van der Waals surface area contributed by atoms with E-state index in [1.807, 2.05) is 18.4 Å². The highest BCUT2D eigenvalue weighted by molar-refractivity contribution is 7.10. The Morgan fingerprint density at radius 2 is 2.21 bits per heavy atom. The van der Waals surface area contributed by atoms with Crippen LogP contribution in [0.4, 0.5) is 0 Å². The van der Waals surface area contributed by atoms with Crippen LogP contribution in [0.15, 0.2) is 11.4 Å². The molecule has 2 nitrogen and oxygen atoms in total. The third-order valence-electron chi connectivity index (χ3n) is 2.08. The normalized spacial score (nSPS) is 13.2. The van der Waals surface area contributed by atoms with Gasteiger partial charge in [-0.2, -0.15) is 0 Å². The van der Waals surface area contributed by atoms with Gasteiger partial charge in [0.25, 0.3) is 0 Å². The van der Waals surface area contributed by atoms with Crippen molar-refractivity contribution in [2.75, 3.05) is 0 Å². The predicted molar refractivity (Wildman–Crippen MR) is 60.8 cm³/mol. The fourth-order valence-electron chi connectivity index (χ4n) is 1.40. The Hall–Kier alpha value is -0.670. The number of carbonyl (C=O) groups is 1. The lowest BCUT2D eigenvalue weighted by atomic mass is 9.98. The van der Waals surface area contributed by atoms with Gasteiger partial charge in [0.15, 0.2) is 5.78 Å². The van der Waals surface area contributed by atoms with E-state index in [0.717, 1.165) is 16.9 Å². The summed E-state index contributed by atoms with van der Waals surface area (Å²) in [5.41, 5.74) is 6.58. The van der Waals surface area contributed by atoms with E-state index >= 15 is 0 Å². The van der Waals surface area contributed by atoms with Crippen molar-refractivity contribution in [3.63, 3.8) is 0 Å². The molecule has 1 aromatic rings. The lowest BCUT2D eigenvalue weighted by Crippen LogP contribution is -2.31. The van der Waals surface area contributed by atoms with Crippen LogP contribution in [0.1, 0.15) is 35.5 Å². The second kappa shape index (κ2) is 4.71. The maximum atomic E-state index is 11.8. The Labute approximate surface area is 89.1 Å². The molecule has 0 aromatic carbocycles. The van der Waals surface area contributed by atoms with Gasteiger partial charge in [-0.1, -0.05) is 13.8 Å². The fourth-order valence-corrected chi connectivity index (χ4v) is 2.09. The van der Waals surface area contributed by atoms with Crippen LogP contribution < -0.4 is 5.73 Å². The van der Waals surface area contributed by atoms with Crippen LogP contribution in [-0.2, 0) is 0 Å². The van der Waals surface area contributed by atoms with Crippen molar-refractivity contribution in [3.05, 3.63) is 21.9 Å². The molecular formula is C11H17NOS. The van der Waals surface area contributed by atoms with Crippen LogP contribution in [0.5, 0.6) is 0 Å². The quantitative estimate of drug-likeness (QED) is 0.778. The number of hydrogen-bond donors (Lipinski definition) is 1. The monoisotopic (exact) mass is 211 g/mol.